The molecule has 1 fully saturated rings. The highest BCUT2D eigenvalue weighted by Gasteiger charge is 2.19. The van der Waals surface area contributed by atoms with E-state index in [1.54, 1.807) is 0 Å². The summed E-state index contributed by atoms with van der Waals surface area (Å²) in [5.74, 6) is 0.814. The van der Waals surface area contributed by atoms with E-state index in [0.29, 0.717) is 19.8 Å². The number of rotatable bonds is 5. The summed E-state index contributed by atoms with van der Waals surface area (Å²) in [4.78, 5) is 2.22. The zero-order chi connectivity index (χ0) is 16.4. The van der Waals surface area contributed by atoms with Crippen LogP contribution in [0.4, 0.5) is 0 Å². The van der Waals surface area contributed by atoms with E-state index in [0.717, 1.165) is 41.1 Å². The maximum Gasteiger partial charge on any atom is 0.153 e. The highest BCUT2D eigenvalue weighted by atomic mass is 16.6. The van der Waals surface area contributed by atoms with Crippen LogP contribution in [-0.2, 0) is 16.0 Å². The molecule has 6 nitrogen and oxygen atoms in total. The maximum atomic E-state index is 5.95. The summed E-state index contributed by atoms with van der Waals surface area (Å²) in [6, 6.07) is 10.1. The van der Waals surface area contributed by atoms with Gasteiger partial charge in [-0.2, -0.15) is 5.10 Å². The summed E-state index contributed by atoms with van der Waals surface area (Å²) in [7, 11) is 2.08. The summed E-state index contributed by atoms with van der Waals surface area (Å²) in [5.41, 5.74) is 2.92. The molecule has 3 aromatic rings. The molecule has 0 aliphatic carbocycles. The van der Waals surface area contributed by atoms with Gasteiger partial charge in [-0.1, -0.05) is 18.2 Å². The lowest BCUT2D eigenvalue weighted by molar-refractivity contribution is -0.0962. The topological polar surface area (TPSA) is 63.5 Å². The van der Waals surface area contributed by atoms with Crippen molar-refractivity contribution in [3.8, 4) is 11.5 Å². The second kappa shape index (κ2) is 6.76. The van der Waals surface area contributed by atoms with Crippen molar-refractivity contribution in [1.82, 2.24) is 15.1 Å². The van der Waals surface area contributed by atoms with Gasteiger partial charge >= 0.3 is 0 Å². The second-order valence-electron chi connectivity index (χ2n) is 6.18. The summed E-state index contributed by atoms with van der Waals surface area (Å²) >= 11 is 0. The van der Waals surface area contributed by atoms with Crippen LogP contribution in [0, 0.1) is 0 Å². The van der Waals surface area contributed by atoms with Gasteiger partial charge in [0.2, 0.25) is 0 Å². The zero-order valence-electron chi connectivity index (χ0n) is 13.7. The van der Waals surface area contributed by atoms with E-state index >= 15 is 0 Å². The Morgan fingerprint density at radius 2 is 2.21 bits per heavy atom. The first-order valence-electron chi connectivity index (χ1n) is 8.18. The van der Waals surface area contributed by atoms with Gasteiger partial charge < -0.3 is 13.9 Å². The number of ether oxygens (including phenoxy) is 2. The van der Waals surface area contributed by atoms with Crippen LogP contribution >= 0.6 is 0 Å². The number of nitrogens with one attached hydrogen (secondary N) is 1. The van der Waals surface area contributed by atoms with Gasteiger partial charge in [-0.25, -0.2) is 0 Å². The normalized spacial score (nSPS) is 18.5. The summed E-state index contributed by atoms with van der Waals surface area (Å²) < 4.78 is 17.1. The molecule has 0 bridgehead atoms. The molecule has 1 aromatic carbocycles. The number of hydrogen-bond donors (Lipinski definition) is 1. The van der Waals surface area contributed by atoms with Crippen LogP contribution in [0.15, 0.2) is 40.9 Å². The summed E-state index contributed by atoms with van der Waals surface area (Å²) in [6.45, 7) is 3.62. The summed E-state index contributed by atoms with van der Waals surface area (Å²) in [5, 5.41) is 8.36. The average Bonchev–Trinajstić information content (AvgIpc) is 3.21. The van der Waals surface area contributed by atoms with Crippen molar-refractivity contribution >= 4 is 11.0 Å². The molecule has 1 atom stereocenters. The van der Waals surface area contributed by atoms with Gasteiger partial charge in [-0.05, 0) is 19.2 Å². The number of likely N-dealkylation sites (N-methyl/N-ethyl adjacent to an activating group) is 1. The number of aromatic amines is 1. The summed E-state index contributed by atoms with van der Waals surface area (Å²) in [6.07, 6.45) is 1.99. The molecule has 4 rings (SSSR count). The maximum absolute atomic E-state index is 5.95. The van der Waals surface area contributed by atoms with Crippen molar-refractivity contribution in [2.24, 2.45) is 0 Å². The molecule has 0 amide bonds. The number of nitrogens with zero attached hydrogens (tertiary/aromatic N) is 2. The van der Waals surface area contributed by atoms with Crippen LogP contribution in [0.5, 0.6) is 0 Å². The molecule has 1 unspecified atom stereocenters. The Kier molecular flexibility index (Phi) is 4.34. The molecule has 126 valence electrons. The van der Waals surface area contributed by atoms with Crippen LogP contribution in [-0.4, -0.2) is 54.6 Å². The van der Waals surface area contributed by atoms with Crippen molar-refractivity contribution in [3.05, 3.63) is 42.1 Å². The van der Waals surface area contributed by atoms with Gasteiger partial charge in [0.25, 0.3) is 0 Å². The molecule has 6 heteroatoms. The van der Waals surface area contributed by atoms with Crippen LogP contribution in [0.3, 0.4) is 0 Å². The molecular formula is C18H21N3O3. The van der Waals surface area contributed by atoms with Gasteiger partial charge in [-0.15, -0.1) is 0 Å². The standard InChI is InChI=1S/C18H21N3O3/c1-21(11-15-12-22-6-7-23-15)10-14-9-19-20-18(14)17-8-13-4-2-3-5-16(13)24-17/h2-5,8-9,15H,6-7,10-12H2,1H3,(H,19,20). The molecule has 24 heavy (non-hydrogen) atoms. The third kappa shape index (κ3) is 3.21. The number of benzene rings is 1. The van der Waals surface area contributed by atoms with Gasteiger partial charge in [-0.3, -0.25) is 10.00 Å². The fourth-order valence-electron chi connectivity index (χ4n) is 3.09. The number of H-pyrrole nitrogens is 1. The first kappa shape index (κ1) is 15.4. The minimum atomic E-state index is 0.130. The highest BCUT2D eigenvalue weighted by molar-refractivity contribution is 5.82. The van der Waals surface area contributed by atoms with E-state index in [9.17, 15) is 0 Å². The van der Waals surface area contributed by atoms with Crippen molar-refractivity contribution < 1.29 is 13.9 Å². The molecule has 3 heterocycles. The fourth-order valence-corrected chi connectivity index (χ4v) is 3.09. The number of hydrogen-bond acceptors (Lipinski definition) is 5. The zero-order valence-corrected chi connectivity index (χ0v) is 13.7. The molecule has 1 aliphatic rings. The minimum Gasteiger partial charge on any atom is -0.454 e. The smallest absolute Gasteiger partial charge is 0.153 e. The minimum absolute atomic E-state index is 0.130. The number of furan rings is 1. The number of aromatic nitrogens is 2. The Bertz CT molecular complexity index is 772. The number of fused-ring (bicyclic) bond motifs is 1. The molecule has 1 saturated heterocycles. The Labute approximate surface area is 140 Å². The average molecular weight is 327 g/mol. The van der Waals surface area contributed by atoms with Gasteiger partial charge in [0.15, 0.2) is 5.76 Å². The van der Waals surface area contributed by atoms with E-state index in [2.05, 4.69) is 22.1 Å². The third-order valence-electron chi connectivity index (χ3n) is 4.23. The van der Waals surface area contributed by atoms with Crippen molar-refractivity contribution in [2.45, 2.75) is 12.6 Å². The largest absolute Gasteiger partial charge is 0.454 e. The van der Waals surface area contributed by atoms with Crippen LogP contribution in [0.2, 0.25) is 0 Å². The van der Waals surface area contributed by atoms with Crippen LogP contribution in [0.25, 0.3) is 22.4 Å². The molecule has 0 saturated carbocycles. The van der Waals surface area contributed by atoms with Gasteiger partial charge in [0.05, 0.1) is 32.1 Å². The second-order valence-corrected chi connectivity index (χ2v) is 6.18. The Morgan fingerprint density at radius 1 is 1.29 bits per heavy atom. The highest BCUT2D eigenvalue weighted by Crippen LogP contribution is 2.29. The predicted octanol–water partition coefficient (Wildman–Crippen LogP) is 2.67. The van der Waals surface area contributed by atoms with Crippen LogP contribution < -0.4 is 0 Å². The van der Waals surface area contributed by atoms with Crippen molar-refractivity contribution in [3.63, 3.8) is 0 Å². The van der Waals surface area contributed by atoms with Gasteiger partial charge in [0, 0.05) is 24.0 Å². The van der Waals surface area contributed by atoms with Crippen molar-refractivity contribution in [2.75, 3.05) is 33.4 Å². The SMILES string of the molecule is CN(Cc1cn[nH]c1-c1cc2ccccc2o1)CC1COCCO1. The molecule has 0 spiro atoms. The van der Waals surface area contributed by atoms with Gasteiger partial charge in [0.1, 0.15) is 11.3 Å². The molecule has 1 aliphatic heterocycles. The fraction of sp³-hybridized carbons (Fsp3) is 0.389. The molecule has 1 N–H and O–H groups in total. The quantitative estimate of drug-likeness (QED) is 0.780. The molecule has 2 aromatic heterocycles. The molecule has 0 radical (unpaired) electrons. The lowest BCUT2D eigenvalue weighted by atomic mass is 10.2. The Morgan fingerprint density at radius 3 is 3.04 bits per heavy atom. The number of para-hydroxylation sites is 1. The predicted molar refractivity (Wildman–Crippen MR) is 90.7 cm³/mol. The lowest BCUT2D eigenvalue weighted by Gasteiger charge is -2.27. The molecular weight excluding hydrogens is 306 g/mol. The van der Waals surface area contributed by atoms with Crippen molar-refractivity contribution in [1.29, 1.82) is 0 Å². The monoisotopic (exact) mass is 327 g/mol. The van der Waals surface area contributed by atoms with E-state index in [1.165, 1.54) is 0 Å². The third-order valence-corrected chi connectivity index (χ3v) is 4.23. The Balaban J connectivity index is 1.49. The van der Waals surface area contributed by atoms with E-state index in [4.69, 9.17) is 13.9 Å². The van der Waals surface area contributed by atoms with Crippen LogP contribution in [0.1, 0.15) is 5.56 Å². The first-order valence-corrected chi connectivity index (χ1v) is 8.18. The van der Waals surface area contributed by atoms with E-state index in [1.807, 2.05) is 36.5 Å². The van der Waals surface area contributed by atoms with E-state index in [-0.39, 0.29) is 6.10 Å². The Hall–Kier alpha value is -2.15. The van der Waals surface area contributed by atoms with E-state index < -0.39 is 0 Å². The first-order chi connectivity index (χ1) is 11.8. The lowest BCUT2D eigenvalue weighted by Crippen LogP contribution is -2.38.